The minimum absolute atomic E-state index is 0.301. The number of hydrogen-bond donors (Lipinski definition) is 1. The summed E-state index contributed by atoms with van der Waals surface area (Å²) in [6, 6.07) is 6.01. The summed E-state index contributed by atoms with van der Waals surface area (Å²) in [5.41, 5.74) is 1.49. The highest BCUT2D eigenvalue weighted by Crippen LogP contribution is 2.26. The topological polar surface area (TPSA) is 67.8 Å². The van der Waals surface area contributed by atoms with E-state index in [2.05, 4.69) is 20.5 Å². The second-order valence-corrected chi connectivity index (χ2v) is 7.21. The van der Waals surface area contributed by atoms with Gasteiger partial charge in [0.2, 0.25) is 5.13 Å². The van der Waals surface area contributed by atoms with E-state index in [-0.39, 0.29) is 11.7 Å². The highest BCUT2D eigenvalue weighted by atomic mass is 32.2. The minimum atomic E-state index is -0.351. The summed E-state index contributed by atoms with van der Waals surface area (Å²) >= 11 is 2.90. The van der Waals surface area contributed by atoms with Crippen molar-refractivity contribution in [2.75, 3.05) is 11.1 Å². The molecule has 0 bridgehead atoms. The number of nitrogens with zero attached hydrogens (tertiary/aromatic N) is 3. The van der Waals surface area contributed by atoms with Crippen LogP contribution in [-0.4, -0.2) is 26.8 Å². The molecule has 118 valence electrons. The van der Waals surface area contributed by atoms with Crippen LogP contribution in [0, 0.1) is 12.7 Å². The van der Waals surface area contributed by atoms with Gasteiger partial charge in [0.25, 0.3) is 5.91 Å². The van der Waals surface area contributed by atoms with E-state index in [4.69, 9.17) is 0 Å². The molecule has 1 aromatic carbocycles. The third-order valence-corrected chi connectivity index (χ3v) is 4.96. The first kappa shape index (κ1) is 15.8. The molecule has 3 rings (SSSR count). The van der Waals surface area contributed by atoms with Crippen molar-refractivity contribution in [3.63, 3.8) is 0 Å². The van der Waals surface area contributed by atoms with E-state index in [0.717, 1.165) is 10.1 Å². The zero-order valence-corrected chi connectivity index (χ0v) is 14.1. The molecular weight excluding hydrogens is 335 g/mol. The van der Waals surface area contributed by atoms with E-state index in [1.54, 1.807) is 30.8 Å². The lowest BCUT2D eigenvalue weighted by molar-refractivity contribution is 0.102. The van der Waals surface area contributed by atoms with Gasteiger partial charge in [-0.05, 0) is 30.9 Å². The molecule has 0 aliphatic rings. The van der Waals surface area contributed by atoms with Gasteiger partial charge in [0, 0.05) is 11.5 Å². The number of pyridine rings is 1. The Morgan fingerprint density at radius 1 is 1.35 bits per heavy atom. The molecule has 23 heavy (non-hydrogen) atoms. The van der Waals surface area contributed by atoms with Crippen molar-refractivity contribution >= 4 is 45.0 Å². The summed E-state index contributed by atoms with van der Waals surface area (Å²) in [6.07, 6.45) is 0. The van der Waals surface area contributed by atoms with Crippen LogP contribution in [0.5, 0.6) is 0 Å². The summed E-state index contributed by atoms with van der Waals surface area (Å²) in [7, 11) is 0. The Kier molecular flexibility index (Phi) is 4.53. The fourth-order valence-electron chi connectivity index (χ4n) is 2.07. The number of amides is 1. The molecule has 8 heteroatoms. The van der Waals surface area contributed by atoms with Crippen molar-refractivity contribution in [1.82, 2.24) is 15.2 Å². The molecule has 0 atom stereocenters. The minimum Gasteiger partial charge on any atom is -0.296 e. The molecule has 1 amide bonds. The monoisotopic (exact) mass is 348 g/mol. The Morgan fingerprint density at radius 2 is 2.17 bits per heavy atom. The number of thioether (sulfide) groups is 1. The van der Waals surface area contributed by atoms with Crippen LogP contribution in [0.4, 0.5) is 9.52 Å². The number of benzene rings is 1. The van der Waals surface area contributed by atoms with E-state index < -0.39 is 0 Å². The van der Waals surface area contributed by atoms with E-state index in [0.29, 0.717) is 27.3 Å². The van der Waals surface area contributed by atoms with Crippen molar-refractivity contribution in [2.45, 2.75) is 18.2 Å². The van der Waals surface area contributed by atoms with Crippen molar-refractivity contribution in [3.8, 4) is 0 Å². The maximum atomic E-state index is 13.2. The lowest BCUT2D eigenvalue weighted by atomic mass is 10.1. The maximum absolute atomic E-state index is 13.2. The van der Waals surface area contributed by atoms with Crippen molar-refractivity contribution in [3.05, 3.63) is 41.3 Å². The highest BCUT2D eigenvalue weighted by molar-refractivity contribution is 8.01. The molecule has 1 N–H and O–H groups in total. The van der Waals surface area contributed by atoms with Crippen molar-refractivity contribution in [2.24, 2.45) is 0 Å². The number of carbonyl (C=O) groups is 1. The summed E-state index contributed by atoms with van der Waals surface area (Å²) in [5.74, 6) is 0.245. The average molecular weight is 348 g/mol. The molecule has 0 fully saturated rings. The third-order valence-electron chi connectivity index (χ3n) is 3.11. The summed E-state index contributed by atoms with van der Waals surface area (Å²) in [4.78, 5) is 16.7. The first-order chi connectivity index (χ1) is 11.1. The van der Waals surface area contributed by atoms with Gasteiger partial charge in [0.1, 0.15) is 5.82 Å². The highest BCUT2D eigenvalue weighted by Gasteiger charge is 2.14. The summed E-state index contributed by atoms with van der Waals surface area (Å²) in [5, 5.41) is 11.8. The quantitative estimate of drug-likeness (QED) is 0.572. The molecule has 0 radical (unpaired) electrons. The van der Waals surface area contributed by atoms with Crippen LogP contribution in [0.3, 0.4) is 0 Å². The van der Waals surface area contributed by atoms with E-state index in [9.17, 15) is 9.18 Å². The van der Waals surface area contributed by atoms with E-state index in [1.165, 1.54) is 23.5 Å². The Bertz CT molecular complexity index is 881. The number of hydrogen-bond acceptors (Lipinski definition) is 6. The van der Waals surface area contributed by atoms with Crippen LogP contribution in [0.15, 0.2) is 28.6 Å². The van der Waals surface area contributed by atoms with Crippen LogP contribution in [-0.2, 0) is 0 Å². The van der Waals surface area contributed by atoms with E-state index >= 15 is 0 Å². The number of rotatable bonds is 4. The largest absolute Gasteiger partial charge is 0.296 e. The molecule has 0 aliphatic heterocycles. The van der Waals surface area contributed by atoms with Gasteiger partial charge in [-0.3, -0.25) is 15.1 Å². The molecule has 2 heterocycles. The van der Waals surface area contributed by atoms with Crippen molar-refractivity contribution < 1.29 is 9.18 Å². The van der Waals surface area contributed by atoms with Gasteiger partial charge in [-0.15, -0.1) is 10.2 Å². The van der Waals surface area contributed by atoms with Gasteiger partial charge >= 0.3 is 0 Å². The Labute approximate surface area is 140 Å². The van der Waals surface area contributed by atoms with Crippen LogP contribution in [0.2, 0.25) is 0 Å². The van der Waals surface area contributed by atoms with Gasteiger partial charge in [-0.1, -0.05) is 30.0 Å². The normalized spacial score (nSPS) is 10.9. The standard InChI is InChI=1S/C15H13FN4OS2/c1-3-22-15-20-19-14(23-15)18-13(21)11-6-9-4-5-10(16)7-12(9)17-8(11)2/h4-7H,3H2,1-2H3,(H,18,19,21). The van der Waals surface area contributed by atoms with Gasteiger partial charge in [-0.2, -0.15) is 0 Å². The van der Waals surface area contributed by atoms with Gasteiger partial charge in [0.05, 0.1) is 16.8 Å². The zero-order valence-electron chi connectivity index (χ0n) is 12.5. The number of carbonyl (C=O) groups excluding carboxylic acids is 1. The van der Waals surface area contributed by atoms with Gasteiger partial charge in [-0.25, -0.2) is 4.39 Å². The predicted molar refractivity (Wildman–Crippen MR) is 90.7 cm³/mol. The fourth-order valence-corrected chi connectivity index (χ4v) is 3.72. The van der Waals surface area contributed by atoms with Crippen LogP contribution >= 0.6 is 23.1 Å². The molecule has 0 saturated heterocycles. The smallest absolute Gasteiger partial charge is 0.259 e. The number of halogens is 1. The zero-order chi connectivity index (χ0) is 16.4. The van der Waals surface area contributed by atoms with Crippen LogP contribution in [0.1, 0.15) is 23.0 Å². The number of fused-ring (bicyclic) bond motifs is 1. The maximum Gasteiger partial charge on any atom is 0.259 e. The number of anilines is 1. The Hall–Kier alpha value is -2.06. The fraction of sp³-hybridized carbons (Fsp3) is 0.200. The van der Waals surface area contributed by atoms with Gasteiger partial charge in [0.15, 0.2) is 4.34 Å². The number of nitrogens with one attached hydrogen (secondary N) is 1. The molecule has 0 spiro atoms. The first-order valence-corrected chi connectivity index (χ1v) is 8.71. The van der Waals surface area contributed by atoms with E-state index in [1.807, 2.05) is 6.92 Å². The summed E-state index contributed by atoms with van der Waals surface area (Å²) < 4.78 is 14.1. The molecule has 0 unspecified atom stereocenters. The first-order valence-electron chi connectivity index (χ1n) is 6.91. The second kappa shape index (κ2) is 6.59. The summed E-state index contributed by atoms with van der Waals surface area (Å²) in [6.45, 7) is 3.75. The van der Waals surface area contributed by atoms with Gasteiger partial charge < -0.3 is 0 Å². The average Bonchev–Trinajstić information content (AvgIpc) is 2.94. The SMILES string of the molecule is CCSc1nnc(NC(=O)c2cc3ccc(F)cc3nc2C)s1. The van der Waals surface area contributed by atoms with Crippen molar-refractivity contribution in [1.29, 1.82) is 0 Å². The third kappa shape index (κ3) is 3.48. The second-order valence-electron chi connectivity index (χ2n) is 4.72. The lowest BCUT2D eigenvalue weighted by Gasteiger charge is -2.07. The van der Waals surface area contributed by atoms with Crippen LogP contribution < -0.4 is 5.32 Å². The number of aryl methyl sites for hydroxylation is 1. The Morgan fingerprint density at radius 3 is 2.96 bits per heavy atom. The molecule has 0 aliphatic carbocycles. The predicted octanol–water partition coefficient (Wildman–Crippen LogP) is 3.90. The lowest BCUT2D eigenvalue weighted by Crippen LogP contribution is -2.14. The molecule has 0 saturated carbocycles. The molecule has 5 nitrogen and oxygen atoms in total. The molecule has 3 aromatic rings. The Balaban J connectivity index is 1.87. The molecule has 2 aromatic heterocycles. The molecular formula is C15H13FN4OS2. The van der Waals surface area contributed by atoms with Crippen LogP contribution in [0.25, 0.3) is 10.9 Å². The number of aromatic nitrogens is 3.